The van der Waals surface area contributed by atoms with Crippen molar-refractivity contribution in [2.24, 2.45) is 10.7 Å². The van der Waals surface area contributed by atoms with Crippen LogP contribution in [0.3, 0.4) is 0 Å². The van der Waals surface area contributed by atoms with Gasteiger partial charge in [-0.3, -0.25) is 4.98 Å². The zero-order chi connectivity index (χ0) is 20.6. The van der Waals surface area contributed by atoms with E-state index < -0.39 is 0 Å². The summed E-state index contributed by atoms with van der Waals surface area (Å²) in [6, 6.07) is 10.0. The van der Waals surface area contributed by atoms with E-state index >= 15 is 0 Å². The first-order chi connectivity index (χ1) is 13.6. The smallest absolute Gasteiger partial charge is 0.150 e. The first-order valence-corrected chi connectivity index (χ1v) is 9.17. The highest BCUT2D eigenvalue weighted by molar-refractivity contribution is 5.97. The average molecular weight is 383 g/mol. The predicted octanol–water partition coefficient (Wildman–Crippen LogP) is 4.44. The highest BCUT2D eigenvalue weighted by Gasteiger charge is 2.05. The van der Waals surface area contributed by atoms with Gasteiger partial charge >= 0.3 is 0 Å². The Morgan fingerprint density at radius 3 is 2.43 bits per heavy atom. The molecule has 150 valence electrons. The number of hydrogen-bond acceptors (Lipinski definition) is 5. The number of aromatic amines is 1. The zero-order valence-corrected chi connectivity index (χ0v) is 16.7. The van der Waals surface area contributed by atoms with Gasteiger partial charge < -0.3 is 20.6 Å². The van der Waals surface area contributed by atoms with Gasteiger partial charge in [-0.2, -0.15) is 0 Å². The average Bonchev–Trinajstić information content (AvgIpc) is 3.31. The van der Waals surface area contributed by atoms with E-state index in [2.05, 4.69) is 33.8 Å². The summed E-state index contributed by atoms with van der Waals surface area (Å²) in [6.45, 7) is 4.42. The summed E-state index contributed by atoms with van der Waals surface area (Å²) in [5.74, 6) is 0.857. The summed E-state index contributed by atoms with van der Waals surface area (Å²) in [7, 11) is 1.50. The van der Waals surface area contributed by atoms with Crippen molar-refractivity contribution in [1.29, 1.82) is 0 Å². The van der Waals surface area contributed by atoms with E-state index in [-0.39, 0.29) is 5.75 Å². The molecule has 0 saturated heterocycles. The molecule has 7 nitrogen and oxygen atoms in total. The number of nitrogens with two attached hydrogens (primary N) is 1. The number of amidine groups is 1. The van der Waals surface area contributed by atoms with Crippen LogP contribution in [0.4, 0.5) is 5.69 Å². The Bertz CT molecular complexity index is 771. The Kier molecular flexibility index (Phi) is 11.2. The number of aromatic nitrogens is 3. The molecule has 0 amide bonds. The van der Waals surface area contributed by atoms with E-state index in [1.165, 1.54) is 38.5 Å². The van der Waals surface area contributed by atoms with Gasteiger partial charge in [0.05, 0.1) is 13.4 Å². The number of phenols is 1. The van der Waals surface area contributed by atoms with Gasteiger partial charge in [-0.15, -0.1) is 0 Å². The molecule has 2 heterocycles. The van der Waals surface area contributed by atoms with Gasteiger partial charge in [0.2, 0.25) is 0 Å². The van der Waals surface area contributed by atoms with Gasteiger partial charge in [-0.25, -0.2) is 9.98 Å². The molecule has 3 rings (SSSR count). The lowest BCUT2D eigenvalue weighted by Crippen LogP contribution is -2.14. The van der Waals surface area contributed by atoms with Crippen LogP contribution in [0, 0.1) is 0 Å². The Morgan fingerprint density at radius 2 is 1.96 bits per heavy atom. The first-order valence-electron chi connectivity index (χ1n) is 9.17. The number of benzene rings is 1. The largest absolute Gasteiger partial charge is 0.508 e. The maximum Gasteiger partial charge on any atom is 0.150 e. The summed E-state index contributed by atoms with van der Waals surface area (Å²) in [4.78, 5) is 14.8. The molecule has 0 radical (unpaired) electrons. The number of pyridine rings is 1. The van der Waals surface area contributed by atoms with Crippen molar-refractivity contribution in [1.82, 2.24) is 15.0 Å². The number of rotatable bonds is 5. The van der Waals surface area contributed by atoms with Crippen LogP contribution in [0.25, 0.3) is 0 Å². The van der Waals surface area contributed by atoms with Crippen LogP contribution in [-0.2, 0) is 0 Å². The van der Waals surface area contributed by atoms with Gasteiger partial charge in [-0.05, 0) is 24.3 Å². The van der Waals surface area contributed by atoms with E-state index in [1.54, 1.807) is 43.1 Å². The van der Waals surface area contributed by atoms with E-state index in [0.717, 1.165) is 0 Å². The molecule has 0 aliphatic heterocycles. The van der Waals surface area contributed by atoms with Gasteiger partial charge in [-0.1, -0.05) is 39.2 Å². The second-order valence-corrected chi connectivity index (χ2v) is 5.68. The lowest BCUT2D eigenvalue weighted by molar-refractivity contribution is 0.409. The van der Waals surface area contributed by atoms with Crippen LogP contribution >= 0.6 is 0 Å². The molecule has 7 heteroatoms. The van der Waals surface area contributed by atoms with Crippen molar-refractivity contribution in [3.8, 4) is 11.5 Å². The monoisotopic (exact) mass is 383 g/mol. The van der Waals surface area contributed by atoms with Crippen molar-refractivity contribution < 1.29 is 9.84 Å². The number of unbranched alkanes of at least 4 members (excludes halogenated alkanes) is 2. The van der Waals surface area contributed by atoms with Crippen molar-refractivity contribution >= 4 is 11.5 Å². The van der Waals surface area contributed by atoms with Crippen LogP contribution in [0.2, 0.25) is 0 Å². The molecule has 1 aromatic carbocycles. The molecule has 0 aliphatic rings. The lowest BCUT2D eigenvalue weighted by atomic mass is 10.2. The van der Waals surface area contributed by atoms with Gasteiger partial charge in [0.25, 0.3) is 0 Å². The van der Waals surface area contributed by atoms with Crippen LogP contribution in [0.15, 0.2) is 66.3 Å². The van der Waals surface area contributed by atoms with E-state index in [0.29, 0.717) is 23.0 Å². The van der Waals surface area contributed by atoms with Crippen LogP contribution in [0.5, 0.6) is 11.5 Å². The Balaban J connectivity index is 0.000000321. The lowest BCUT2D eigenvalue weighted by Gasteiger charge is -2.06. The molecule has 28 heavy (non-hydrogen) atoms. The number of ether oxygens (including phenoxy) is 1. The van der Waals surface area contributed by atoms with Crippen molar-refractivity contribution in [2.45, 2.75) is 33.1 Å². The summed E-state index contributed by atoms with van der Waals surface area (Å²) in [5, 5.41) is 9.35. The van der Waals surface area contributed by atoms with Crippen LogP contribution in [-0.4, -0.2) is 33.0 Å². The fraction of sp³-hybridized carbons (Fsp3) is 0.286. The maximum absolute atomic E-state index is 9.35. The molecule has 0 saturated carbocycles. The van der Waals surface area contributed by atoms with Gasteiger partial charge in [0.15, 0.2) is 0 Å². The highest BCUT2D eigenvalue weighted by atomic mass is 16.5. The molecule has 0 bridgehead atoms. The van der Waals surface area contributed by atoms with Gasteiger partial charge in [0.1, 0.15) is 28.7 Å². The molecule has 2 aromatic heterocycles. The summed E-state index contributed by atoms with van der Waals surface area (Å²) < 4.78 is 5.12. The quantitative estimate of drug-likeness (QED) is 0.446. The molecule has 0 atom stereocenters. The third-order valence-corrected chi connectivity index (χ3v) is 3.44. The number of imidazole rings is 1. The normalized spacial score (nSPS) is 10.2. The second-order valence-electron chi connectivity index (χ2n) is 5.68. The second kappa shape index (κ2) is 13.8. The molecule has 0 aliphatic carbocycles. The third kappa shape index (κ3) is 8.84. The SMILES string of the molecule is CCCCC.COc1cc(O)ccc1N=C(N)c1ccccn1.c1c[nH]cn1. The number of H-pyrrole nitrogens is 1. The molecule has 0 fully saturated rings. The minimum Gasteiger partial charge on any atom is -0.508 e. The van der Waals surface area contributed by atoms with Gasteiger partial charge in [0, 0.05) is 24.7 Å². The minimum atomic E-state index is 0.113. The van der Waals surface area contributed by atoms with Crippen LogP contribution < -0.4 is 10.5 Å². The minimum absolute atomic E-state index is 0.113. The van der Waals surface area contributed by atoms with Crippen molar-refractivity contribution in [3.05, 3.63) is 67.0 Å². The topological polar surface area (TPSA) is 109 Å². The first kappa shape index (κ1) is 22.7. The fourth-order valence-corrected chi connectivity index (χ4v) is 2.03. The zero-order valence-electron chi connectivity index (χ0n) is 16.7. The number of hydrogen-bond donors (Lipinski definition) is 3. The maximum atomic E-state index is 9.35. The standard InChI is InChI=1S/C13H13N3O2.C5H12.C3H4N2/c1-18-12-8-9(17)5-6-10(12)16-13(14)11-4-2-3-7-15-11;1-3-5-4-2;1-2-5-3-4-1/h2-8,17H,1H3,(H2,14,16);3-5H2,1-2H3;1-3H,(H,4,5). The molecule has 4 N–H and O–H groups in total. The number of aromatic hydroxyl groups is 1. The van der Waals surface area contributed by atoms with Crippen LogP contribution in [0.1, 0.15) is 38.8 Å². The number of nitrogens with zero attached hydrogens (tertiary/aromatic N) is 3. The Labute approximate surface area is 166 Å². The molecule has 3 aromatic rings. The molecule has 0 spiro atoms. The molecule has 0 unspecified atom stereocenters. The van der Waals surface area contributed by atoms with E-state index in [9.17, 15) is 5.11 Å². The molecular formula is C21H29N5O2. The number of aliphatic imine (C=N–C) groups is 1. The Morgan fingerprint density at radius 1 is 1.18 bits per heavy atom. The highest BCUT2D eigenvalue weighted by Crippen LogP contribution is 2.31. The Hall–Kier alpha value is -3.35. The fourth-order valence-electron chi connectivity index (χ4n) is 2.03. The number of nitrogens with one attached hydrogen (secondary N) is 1. The number of phenolic OH excluding ortho intramolecular Hbond substituents is 1. The van der Waals surface area contributed by atoms with Crippen molar-refractivity contribution in [3.63, 3.8) is 0 Å². The molecular weight excluding hydrogens is 354 g/mol. The predicted molar refractivity (Wildman–Crippen MR) is 113 cm³/mol. The summed E-state index contributed by atoms with van der Waals surface area (Å²) in [6.07, 6.45) is 10.8. The number of methoxy groups -OCH3 is 1. The summed E-state index contributed by atoms with van der Waals surface area (Å²) >= 11 is 0. The van der Waals surface area contributed by atoms with Crippen molar-refractivity contribution in [2.75, 3.05) is 7.11 Å². The third-order valence-electron chi connectivity index (χ3n) is 3.44. The summed E-state index contributed by atoms with van der Waals surface area (Å²) in [5.41, 5.74) is 6.99. The van der Waals surface area contributed by atoms with E-state index in [4.69, 9.17) is 10.5 Å². The van der Waals surface area contributed by atoms with E-state index in [1.807, 2.05) is 6.07 Å².